The molecule has 0 radical (unpaired) electrons. The zero-order valence-electron chi connectivity index (χ0n) is 19.4. The topological polar surface area (TPSA) is 42.2 Å². The number of piperidine rings is 2. The van der Waals surface area contributed by atoms with Crippen LogP contribution in [-0.4, -0.2) is 66.2 Å². The van der Waals surface area contributed by atoms with E-state index >= 15 is 0 Å². The summed E-state index contributed by atoms with van der Waals surface area (Å²) in [6.07, 6.45) is 6.94. The molecule has 3 aliphatic heterocycles. The van der Waals surface area contributed by atoms with E-state index in [4.69, 9.17) is 17.5 Å². The Morgan fingerprint density at radius 1 is 0.643 bits per heavy atom. The van der Waals surface area contributed by atoms with Crippen molar-refractivity contribution in [2.45, 2.75) is 122 Å². The van der Waals surface area contributed by atoms with Crippen molar-refractivity contribution >= 4 is 11.8 Å². The van der Waals surface area contributed by atoms with E-state index in [0.29, 0.717) is 13.3 Å². The Balaban J connectivity index is 1.97. The first kappa shape index (κ1) is 22.7. The van der Waals surface area contributed by atoms with E-state index < -0.39 is 0 Å². The third kappa shape index (κ3) is 3.98. The van der Waals surface area contributed by atoms with Crippen LogP contribution in [0.1, 0.15) is 93.9 Å². The molecule has 0 saturated carbocycles. The van der Waals surface area contributed by atoms with Gasteiger partial charge in [-0.3, -0.25) is 0 Å². The number of nitrogens with zero attached hydrogens (tertiary/aromatic N) is 5. The monoisotopic (exact) mass is 414 g/mol. The maximum atomic E-state index is 7.01. The van der Waals surface area contributed by atoms with Gasteiger partial charge in [-0.1, -0.05) is 0 Å². The molecule has 28 heavy (non-hydrogen) atoms. The van der Waals surface area contributed by atoms with Gasteiger partial charge in [-0.2, -0.15) is 14.4 Å². The van der Waals surface area contributed by atoms with Crippen LogP contribution < -0.4 is 5.73 Å². The molecule has 0 aromatic carbocycles. The third-order valence-electron chi connectivity index (χ3n) is 7.17. The summed E-state index contributed by atoms with van der Waals surface area (Å²) < 4.78 is 1.88. The zero-order chi connectivity index (χ0) is 21.1. The summed E-state index contributed by atoms with van der Waals surface area (Å²) >= 11 is 6.72. The molecule has 0 aromatic rings. The number of halogens is 1. The van der Waals surface area contributed by atoms with Crippen molar-refractivity contribution in [2.24, 2.45) is 5.73 Å². The van der Waals surface area contributed by atoms with Crippen LogP contribution in [0, 0.1) is 0 Å². The van der Waals surface area contributed by atoms with Gasteiger partial charge in [0, 0.05) is 22.2 Å². The van der Waals surface area contributed by atoms with Crippen LogP contribution in [0.25, 0.3) is 0 Å². The largest absolute Gasteiger partial charge is 0.301 e. The number of hydrazine groups is 2. The Kier molecular flexibility index (Phi) is 5.95. The van der Waals surface area contributed by atoms with Gasteiger partial charge >= 0.3 is 0 Å². The summed E-state index contributed by atoms with van der Waals surface area (Å²) in [6.45, 7) is 20.0. The first-order valence-corrected chi connectivity index (χ1v) is 11.3. The molecule has 0 aromatic heterocycles. The fourth-order valence-corrected chi connectivity index (χ4v) is 6.62. The smallest absolute Gasteiger partial charge is 0.143 e. The summed E-state index contributed by atoms with van der Waals surface area (Å²) in [6, 6.07) is 0. The molecule has 7 heteroatoms. The van der Waals surface area contributed by atoms with Crippen LogP contribution in [0.2, 0.25) is 0 Å². The van der Waals surface area contributed by atoms with Crippen LogP contribution in [0.15, 0.2) is 0 Å². The average Bonchev–Trinajstić information content (AvgIpc) is 2.47. The number of hydrogen-bond acceptors (Lipinski definition) is 6. The zero-order valence-corrected chi connectivity index (χ0v) is 20.2. The maximum absolute atomic E-state index is 7.01. The van der Waals surface area contributed by atoms with E-state index in [1.165, 1.54) is 38.5 Å². The predicted molar refractivity (Wildman–Crippen MR) is 117 cm³/mol. The molecule has 3 aliphatic rings. The number of nitrogens with two attached hydrogens (primary N) is 1. The standard InChI is InChI=1S/C21H43ClN6/c1-18(2)11-9-12-19(3,4)27(18)25-15-24(22)16-26(17(25)23)28-20(5,6)13-10-14-21(28,7)8/h17H,9-16,23H2,1-8H3. The quantitative estimate of drug-likeness (QED) is 0.685. The van der Waals surface area contributed by atoms with Gasteiger partial charge < -0.3 is 5.73 Å². The molecule has 2 N–H and O–H groups in total. The van der Waals surface area contributed by atoms with E-state index in [9.17, 15) is 0 Å². The average molecular weight is 415 g/mol. The normalized spacial score (nSPS) is 33.2. The van der Waals surface area contributed by atoms with Gasteiger partial charge in [0.05, 0.1) is 13.3 Å². The Bertz CT molecular complexity index is 495. The van der Waals surface area contributed by atoms with Crippen molar-refractivity contribution in [3.8, 4) is 0 Å². The van der Waals surface area contributed by atoms with Crippen LogP contribution in [0.3, 0.4) is 0 Å². The third-order valence-corrected chi connectivity index (χ3v) is 7.38. The van der Waals surface area contributed by atoms with Gasteiger partial charge in [0.25, 0.3) is 0 Å². The molecular weight excluding hydrogens is 372 g/mol. The Hall–Kier alpha value is 0.0500. The Labute approximate surface area is 178 Å². The molecule has 0 unspecified atom stereocenters. The van der Waals surface area contributed by atoms with Crippen molar-refractivity contribution < 1.29 is 0 Å². The number of rotatable bonds is 2. The highest BCUT2D eigenvalue weighted by atomic mass is 35.5. The molecular formula is C21H43ClN6. The molecule has 0 spiro atoms. The molecule has 3 saturated heterocycles. The minimum Gasteiger partial charge on any atom is -0.301 e. The second kappa shape index (κ2) is 7.33. The minimum atomic E-state index is -0.233. The summed E-state index contributed by atoms with van der Waals surface area (Å²) in [5.74, 6) is 0. The SMILES string of the molecule is CC1(C)CCCC(C)(C)N1N1CN(Cl)CN(N2C(C)(C)CCCC2(C)C)C1N. The first-order valence-electron chi connectivity index (χ1n) is 11.0. The molecule has 6 nitrogen and oxygen atoms in total. The summed E-state index contributed by atoms with van der Waals surface area (Å²) in [4.78, 5) is 0. The maximum Gasteiger partial charge on any atom is 0.143 e. The Morgan fingerprint density at radius 3 is 1.21 bits per heavy atom. The number of hydrogen-bond donors (Lipinski definition) is 1. The van der Waals surface area contributed by atoms with Crippen LogP contribution in [-0.2, 0) is 0 Å². The van der Waals surface area contributed by atoms with E-state index in [0.717, 1.165) is 0 Å². The molecule has 0 aliphatic carbocycles. The van der Waals surface area contributed by atoms with Crippen molar-refractivity contribution in [3.05, 3.63) is 0 Å². The highest BCUT2D eigenvalue weighted by Gasteiger charge is 2.52. The van der Waals surface area contributed by atoms with Gasteiger partial charge in [-0.05, 0) is 106 Å². The molecule has 164 valence electrons. The second-order valence-electron chi connectivity index (χ2n) is 11.6. The van der Waals surface area contributed by atoms with Crippen molar-refractivity contribution in [1.29, 1.82) is 0 Å². The van der Waals surface area contributed by atoms with Crippen LogP contribution >= 0.6 is 11.8 Å². The van der Waals surface area contributed by atoms with Gasteiger partial charge in [0.2, 0.25) is 0 Å². The van der Waals surface area contributed by atoms with Gasteiger partial charge in [-0.15, -0.1) is 0 Å². The Morgan fingerprint density at radius 2 is 0.929 bits per heavy atom. The fourth-order valence-electron chi connectivity index (χ4n) is 6.40. The first-order chi connectivity index (χ1) is 12.7. The summed E-state index contributed by atoms with van der Waals surface area (Å²) in [5, 5.41) is 9.69. The van der Waals surface area contributed by atoms with Crippen molar-refractivity contribution in [2.75, 3.05) is 13.3 Å². The van der Waals surface area contributed by atoms with Crippen molar-refractivity contribution in [3.63, 3.8) is 0 Å². The molecule has 3 heterocycles. The molecule has 0 atom stereocenters. The van der Waals surface area contributed by atoms with Crippen molar-refractivity contribution in [1.82, 2.24) is 24.5 Å². The lowest BCUT2D eigenvalue weighted by molar-refractivity contribution is -0.316. The van der Waals surface area contributed by atoms with E-state index in [1.807, 2.05) is 4.42 Å². The fraction of sp³-hybridized carbons (Fsp3) is 1.00. The summed E-state index contributed by atoms with van der Waals surface area (Å²) in [5.41, 5.74) is 7.21. The minimum absolute atomic E-state index is 0.0487. The molecule has 3 rings (SSSR count). The van der Waals surface area contributed by atoms with Crippen LogP contribution in [0.4, 0.5) is 0 Å². The molecule has 0 bridgehead atoms. The molecule has 3 fully saturated rings. The van der Waals surface area contributed by atoms with E-state index in [1.54, 1.807) is 0 Å². The van der Waals surface area contributed by atoms with Crippen LogP contribution in [0.5, 0.6) is 0 Å². The summed E-state index contributed by atoms with van der Waals surface area (Å²) in [7, 11) is 0. The van der Waals surface area contributed by atoms with Gasteiger partial charge in [0.1, 0.15) is 6.29 Å². The van der Waals surface area contributed by atoms with E-state index in [-0.39, 0.29) is 28.4 Å². The van der Waals surface area contributed by atoms with E-state index in [2.05, 4.69) is 75.4 Å². The highest BCUT2D eigenvalue weighted by molar-refractivity contribution is 6.13. The lowest BCUT2D eigenvalue weighted by atomic mass is 9.81. The predicted octanol–water partition coefficient (Wildman–Crippen LogP) is 4.13. The lowest BCUT2D eigenvalue weighted by Gasteiger charge is -2.65. The van der Waals surface area contributed by atoms with Gasteiger partial charge in [0.15, 0.2) is 0 Å². The second-order valence-corrected chi connectivity index (χ2v) is 12.1. The van der Waals surface area contributed by atoms with Gasteiger partial charge in [-0.25, -0.2) is 10.0 Å². The highest BCUT2D eigenvalue weighted by Crippen LogP contribution is 2.44. The lowest BCUT2D eigenvalue weighted by Crippen LogP contribution is -2.79. The molecule has 0 amide bonds.